The van der Waals surface area contributed by atoms with Crippen LogP contribution in [0.15, 0.2) is 52.4 Å². The number of imidazole rings is 1. The van der Waals surface area contributed by atoms with Gasteiger partial charge in [0.25, 0.3) is 0 Å². The Kier molecular flexibility index (Phi) is 4.64. The molecule has 4 heterocycles. The van der Waals surface area contributed by atoms with Crippen LogP contribution in [0.5, 0.6) is 0 Å². The summed E-state index contributed by atoms with van der Waals surface area (Å²) in [5.41, 5.74) is 0.500. The van der Waals surface area contributed by atoms with Crippen molar-refractivity contribution in [3.63, 3.8) is 0 Å². The highest BCUT2D eigenvalue weighted by Gasteiger charge is 2.33. The second-order valence-electron chi connectivity index (χ2n) is 6.54. The number of hydrogen-bond donors (Lipinski definition) is 0. The molecule has 30 heavy (non-hydrogen) atoms. The minimum atomic E-state index is -4.62. The van der Waals surface area contributed by atoms with E-state index in [0.717, 1.165) is 12.3 Å². The van der Waals surface area contributed by atoms with Crippen LogP contribution in [0.25, 0.3) is 33.7 Å². The first-order chi connectivity index (χ1) is 14.1. The predicted octanol–water partition coefficient (Wildman–Crippen LogP) is 4.10. The fourth-order valence-corrected chi connectivity index (χ4v) is 4.10. The van der Waals surface area contributed by atoms with E-state index in [1.807, 2.05) is 0 Å². The zero-order valence-electron chi connectivity index (χ0n) is 15.8. The second kappa shape index (κ2) is 6.94. The Hall–Kier alpha value is -3.21. The standard InChI is InChI=1S/C19H15F3N4O3S/c1-3-30(27,28)15-6-12(11-4-5-29-10-11)8-24-17(15)18-25-13-7-16(19(20,21)22)23-9-14(13)26(18)2/h4-10H,3H2,1-2H3. The topological polar surface area (TPSA) is 90.9 Å². The summed E-state index contributed by atoms with van der Waals surface area (Å²) in [4.78, 5) is 11.9. The number of halogens is 3. The minimum absolute atomic E-state index is 0.0374. The lowest BCUT2D eigenvalue weighted by Gasteiger charge is -2.10. The van der Waals surface area contributed by atoms with E-state index in [1.165, 1.54) is 36.3 Å². The Balaban J connectivity index is 1.95. The number of pyridine rings is 2. The molecule has 0 saturated heterocycles. The zero-order chi connectivity index (χ0) is 21.7. The van der Waals surface area contributed by atoms with Gasteiger partial charge in [-0.25, -0.2) is 18.4 Å². The molecule has 0 aliphatic rings. The molecule has 0 aliphatic carbocycles. The Morgan fingerprint density at radius 1 is 1.13 bits per heavy atom. The van der Waals surface area contributed by atoms with Gasteiger partial charge in [0.2, 0.25) is 0 Å². The zero-order valence-corrected chi connectivity index (χ0v) is 16.6. The highest BCUT2D eigenvalue weighted by atomic mass is 32.2. The number of sulfone groups is 1. The van der Waals surface area contributed by atoms with Crippen LogP contribution in [0.3, 0.4) is 0 Å². The minimum Gasteiger partial charge on any atom is -0.472 e. The molecule has 0 saturated carbocycles. The van der Waals surface area contributed by atoms with Gasteiger partial charge in [0.15, 0.2) is 15.7 Å². The lowest BCUT2D eigenvalue weighted by Crippen LogP contribution is -2.09. The molecule has 0 spiro atoms. The quantitative estimate of drug-likeness (QED) is 0.478. The molecule has 0 unspecified atom stereocenters. The molecule has 0 aliphatic heterocycles. The second-order valence-corrected chi connectivity index (χ2v) is 8.78. The summed E-state index contributed by atoms with van der Waals surface area (Å²) in [5.74, 6) is -0.0582. The van der Waals surface area contributed by atoms with Gasteiger partial charge in [-0.1, -0.05) is 6.92 Å². The maximum Gasteiger partial charge on any atom is 0.433 e. The molecule has 0 bridgehead atoms. The lowest BCUT2D eigenvalue weighted by atomic mass is 10.1. The molecule has 0 radical (unpaired) electrons. The van der Waals surface area contributed by atoms with Crippen LogP contribution in [0.2, 0.25) is 0 Å². The van der Waals surface area contributed by atoms with E-state index < -0.39 is 21.7 Å². The summed E-state index contributed by atoms with van der Waals surface area (Å²) in [7, 11) is -2.16. The third-order valence-corrected chi connectivity index (χ3v) is 6.43. The van der Waals surface area contributed by atoms with E-state index in [4.69, 9.17) is 4.42 Å². The molecular formula is C19H15F3N4O3S. The van der Waals surface area contributed by atoms with Gasteiger partial charge < -0.3 is 8.98 Å². The van der Waals surface area contributed by atoms with Crippen LogP contribution in [-0.4, -0.2) is 33.7 Å². The van der Waals surface area contributed by atoms with Gasteiger partial charge >= 0.3 is 6.18 Å². The van der Waals surface area contributed by atoms with Crippen LogP contribution in [0.4, 0.5) is 13.2 Å². The van der Waals surface area contributed by atoms with Gasteiger partial charge in [0.1, 0.15) is 11.4 Å². The number of hydrogen-bond acceptors (Lipinski definition) is 6. The van der Waals surface area contributed by atoms with Crippen molar-refractivity contribution < 1.29 is 26.0 Å². The van der Waals surface area contributed by atoms with Gasteiger partial charge in [-0.3, -0.25) is 4.98 Å². The van der Waals surface area contributed by atoms with Crippen LogP contribution < -0.4 is 0 Å². The molecule has 0 amide bonds. The third kappa shape index (κ3) is 3.34. The summed E-state index contributed by atoms with van der Waals surface area (Å²) in [6.07, 6.45) is 0.815. The summed E-state index contributed by atoms with van der Waals surface area (Å²) < 4.78 is 71.0. The van der Waals surface area contributed by atoms with E-state index >= 15 is 0 Å². The predicted molar refractivity (Wildman–Crippen MR) is 102 cm³/mol. The Labute approximate surface area is 169 Å². The summed E-state index contributed by atoms with van der Waals surface area (Å²) in [6, 6.07) is 3.95. The SMILES string of the molecule is CCS(=O)(=O)c1cc(-c2ccoc2)cnc1-c1nc2cc(C(F)(F)F)ncc2n1C. The van der Waals surface area contributed by atoms with E-state index in [0.29, 0.717) is 16.6 Å². The number of aryl methyl sites for hydroxylation is 1. The largest absolute Gasteiger partial charge is 0.472 e. The molecule has 4 aromatic heterocycles. The first-order valence-electron chi connectivity index (χ1n) is 8.77. The van der Waals surface area contributed by atoms with Crippen LogP contribution in [-0.2, 0) is 23.1 Å². The van der Waals surface area contributed by atoms with Crippen molar-refractivity contribution in [1.82, 2.24) is 19.5 Å². The van der Waals surface area contributed by atoms with E-state index in [1.54, 1.807) is 13.1 Å². The van der Waals surface area contributed by atoms with Crippen molar-refractivity contribution in [3.05, 3.63) is 48.8 Å². The van der Waals surface area contributed by atoms with Crippen LogP contribution in [0, 0.1) is 0 Å². The molecule has 4 rings (SSSR count). The summed E-state index contributed by atoms with van der Waals surface area (Å²) >= 11 is 0. The maximum atomic E-state index is 13.0. The van der Waals surface area contributed by atoms with Crippen molar-refractivity contribution in [2.75, 3.05) is 5.75 Å². The Bertz CT molecular complexity index is 1340. The van der Waals surface area contributed by atoms with E-state index in [-0.39, 0.29) is 27.7 Å². The van der Waals surface area contributed by atoms with Crippen LogP contribution in [0.1, 0.15) is 12.6 Å². The first kappa shape index (κ1) is 20.1. The molecule has 7 nitrogen and oxygen atoms in total. The lowest BCUT2D eigenvalue weighted by molar-refractivity contribution is -0.141. The van der Waals surface area contributed by atoms with E-state index in [9.17, 15) is 21.6 Å². The monoisotopic (exact) mass is 436 g/mol. The third-order valence-electron chi connectivity index (χ3n) is 4.69. The number of alkyl halides is 3. The first-order valence-corrected chi connectivity index (χ1v) is 10.4. The van der Waals surface area contributed by atoms with Crippen molar-refractivity contribution in [3.8, 4) is 22.6 Å². The van der Waals surface area contributed by atoms with Crippen molar-refractivity contribution in [1.29, 1.82) is 0 Å². The number of fused-ring (bicyclic) bond motifs is 1. The van der Waals surface area contributed by atoms with E-state index in [2.05, 4.69) is 15.0 Å². The highest BCUT2D eigenvalue weighted by molar-refractivity contribution is 7.91. The van der Waals surface area contributed by atoms with Crippen LogP contribution >= 0.6 is 0 Å². The molecule has 0 N–H and O–H groups in total. The van der Waals surface area contributed by atoms with Gasteiger partial charge in [0, 0.05) is 24.4 Å². The van der Waals surface area contributed by atoms with Crippen molar-refractivity contribution in [2.45, 2.75) is 18.0 Å². The average molecular weight is 436 g/mol. The highest BCUT2D eigenvalue weighted by Crippen LogP contribution is 2.33. The van der Waals surface area contributed by atoms with Gasteiger partial charge in [0.05, 0.1) is 40.4 Å². The fourth-order valence-electron chi connectivity index (χ4n) is 3.05. The Morgan fingerprint density at radius 3 is 2.53 bits per heavy atom. The molecule has 0 aromatic carbocycles. The van der Waals surface area contributed by atoms with Crippen molar-refractivity contribution in [2.24, 2.45) is 7.05 Å². The molecule has 0 atom stereocenters. The summed E-state index contributed by atoms with van der Waals surface area (Å²) in [5, 5.41) is 0. The Morgan fingerprint density at radius 2 is 1.90 bits per heavy atom. The molecule has 11 heteroatoms. The average Bonchev–Trinajstić information content (AvgIpc) is 3.35. The van der Waals surface area contributed by atoms with Gasteiger partial charge in [-0.2, -0.15) is 13.2 Å². The fraction of sp³-hybridized carbons (Fsp3) is 0.211. The molecule has 156 valence electrons. The number of furan rings is 1. The van der Waals surface area contributed by atoms with Crippen molar-refractivity contribution >= 4 is 20.9 Å². The molecule has 4 aromatic rings. The summed E-state index contributed by atoms with van der Waals surface area (Å²) in [6.45, 7) is 1.50. The number of rotatable bonds is 4. The number of nitrogens with zero attached hydrogens (tertiary/aromatic N) is 4. The van der Waals surface area contributed by atoms with Gasteiger partial charge in [-0.05, 0) is 18.2 Å². The molecule has 0 fully saturated rings. The molecular weight excluding hydrogens is 421 g/mol. The smallest absolute Gasteiger partial charge is 0.433 e. The number of aromatic nitrogens is 4. The maximum absolute atomic E-state index is 13.0. The van der Waals surface area contributed by atoms with Gasteiger partial charge in [-0.15, -0.1) is 0 Å². The normalized spacial score (nSPS) is 12.6.